The molecule has 1 aromatic carbocycles. The van der Waals surface area contributed by atoms with E-state index in [1.807, 2.05) is 45.0 Å². The molecule has 0 spiro atoms. The summed E-state index contributed by atoms with van der Waals surface area (Å²) in [6, 6.07) is 7.29. The van der Waals surface area contributed by atoms with Crippen molar-refractivity contribution in [3.05, 3.63) is 24.3 Å². The topological polar surface area (TPSA) is 55.4 Å². The van der Waals surface area contributed by atoms with Gasteiger partial charge in [0, 0.05) is 11.1 Å². The number of nitrogens with one attached hydrogen (secondary N) is 1. The Hall–Kier alpha value is -1.84. The molecule has 2 aliphatic rings. The van der Waals surface area contributed by atoms with Crippen LogP contribution in [0.15, 0.2) is 24.3 Å². The molecule has 2 atom stereocenters. The Kier molecular flexibility index (Phi) is 3.50. The summed E-state index contributed by atoms with van der Waals surface area (Å²) in [5.74, 6) is 1.08. The van der Waals surface area contributed by atoms with Crippen molar-refractivity contribution in [1.82, 2.24) is 0 Å². The minimum absolute atomic E-state index is 0.111. The molecule has 0 radical (unpaired) electrons. The number of carbonyl (C=O) groups excluding carboxylic acids is 2. The summed E-state index contributed by atoms with van der Waals surface area (Å²) < 4.78 is 5.39. The first-order chi connectivity index (χ1) is 10.4. The van der Waals surface area contributed by atoms with Crippen molar-refractivity contribution in [3.63, 3.8) is 0 Å². The van der Waals surface area contributed by atoms with Crippen molar-refractivity contribution in [2.75, 3.05) is 11.9 Å². The Bertz CT molecular complexity index is 605. The van der Waals surface area contributed by atoms with Gasteiger partial charge in [-0.3, -0.25) is 9.59 Å². The van der Waals surface area contributed by atoms with Crippen LogP contribution in [0.25, 0.3) is 0 Å². The quantitative estimate of drug-likeness (QED) is 0.867. The third kappa shape index (κ3) is 2.13. The molecule has 4 heteroatoms. The average Bonchev–Trinajstić information content (AvgIpc) is 3.02. The van der Waals surface area contributed by atoms with E-state index in [1.165, 1.54) is 0 Å². The molecule has 1 aromatic rings. The molecule has 0 aliphatic heterocycles. The fourth-order valence-corrected chi connectivity index (χ4v) is 4.03. The number of carbonyl (C=O) groups is 2. The van der Waals surface area contributed by atoms with E-state index in [0.717, 1.165) is 12.2 Å². The maximum absolute atomic E-state index is 12.7. The van der Waals surface area contributed by atoms with Gasteiger partial charge in [-0.15, -0.1) is 0 Å². The lowest BCUT2D eigenvalue weighted by atomic mass is 9.70. The summed E-state index contributed by atoms with van der Waals surface area (Å²) in [7, 11) is 0. The molecule has 118 valence electrons. The molecule has 0 aromatic heterocycles. The van der Waals surface area contributed by atoms with Gasteiger partial charge in [0.25, 0.3) is 0 Å². The Balaban J connectivity index is 1.76. The number of rotatable bonds is 4. The van der Waals surface area contributed by atoms with Gasteiger partial charge < -0.3 is 10.1 Å². The van der Waals surface area contributed by atoms with E-state index in [2.05, 4.69) is 5.32 Å². The zero-order valence-corrected chi connectivity index (χ0v) is 13.4. The number of amides is 1. The number of benzene rings is 1. The van der Waals surface area contributed by atoms with Crippen molar-refractivity contribution < 1.29 is 14.3 Å². The van der Waals surface area contributed by atoms with Crippen molar-refractivity contribution in [2.45, 2.75) is 40.0 Å². The molecule has 1 N–H and O–H groups in total. The van der Waals surface area contributed by atoms with E-state index in [4.69, 9.17) is 4.74 Å². The molecule has 2 aliphatic carbocycles. The van der Waals surface area contributed by atoms with Crippen LogP contribution in [0.3, 0.4) is 0 Å². The van der Waals surface area contributed by atoms with Crippen LogP contribution in [0, 0.1) is 16.7 Å². The minimum Gasteiger partial charge on any atom is -0.494 e. The van der Waals surface area contributed by atoms with Crippen molar-refractivity contribution in [3.8, 4) is 5.75 Å². The normalized spacial score (nSPS) is 28.7. The largest absolute Gasteiger partial charge is 0.494 e. The lowest BCUT2D eigenvalue weighted by Crippen LogP contribution is -2.44. The van der Waals surface area contributed by atoms with Gasteiger partial charge in [-0.05, 0) is 56.4 Å². The van der Waals surface area contributed by atoms with Gasteiger partial charge in [0.05, 0.1) is 6.61 Å². The second-order valence-electron chi connectivity index (χ2n) is 6.98. The van der Waals surface area contributed by atoms with Gasteiger partial charge in [0.1, 0.15) is 11.2 Å². The molecular formula is C18H23NO3. The molecule has 0 heterocycles. The summed E-state index contributed by atoms with van der Waals surface area (Å²) in [6.45, 7) is 6.49. The second-order valence-corrected chi connectivity index (χ2v) is 6.98. The third-order valence-corrected chi connectivity index (χ3v) is 5.41. The molecule has 2 fully saturated rings. The van der Waals surface area contributed by atoms with Crippen LogP contribution < -0.4 is 10.1 Å². The maximum Gasteiger partial charge on any atom is 0.238 e. The predicted molar refractivity (Wildman–Crippen MR) is 84.8 cm³/mol. The van der Waals surface area contributed by atoms with Crippen LogP contribution in [-0.4, -0.2) is 18.3 Å². The van der Waals surface area contributed by atoms with Gasteiger partial charge >= 0.3 is 0 Å². The van der Waals surface area contributed by atoms with Gasteiger partial charge in [0.2, 0.25) is 5.91 Å². The summed E-state index contributed by atoms with van der Waals surface area (Å²) in [6.07, 6.45) is 2.35. The smallest absolute Gasteiger partial charge is 0.238 e. The minimum atomic E-state index is -0.813. The highest BCUT2D eigenvalue weighted by Gasteiger charge is 2.64. The number of fused-ring (bicyclic) bond motifs is 2. The molecule has 2 unspecified atom stereocenters. The summed E-state index contributed by atoms with van der Waals surface area (Å²) >= 11 is 0. The van der Waals surface area contributed by atoms with Crippen molar-refractivity contribution in [2.24, 2.45) is 16.7 Å². The molecular weight excluding hydrogens is 278 g/mol. The van der Waals surface area contributed by atoms with Crippen molar-refractivity contribution in [1.29, 1.82) is 0 Å². The molecule has 4 nitrogen and oxygen atoms in total. The standard InChI is InChI=1S/C18H23NO3/c1-4-22-14-7-5-13(6-8-14)19-16(21)18-10-9-12(11-18)17(2,3)15(18)20/h5-8,12H,4,9-11H2,1-3H3,(H,19,21). The Morgan fingerprint density at radius 2 is 2.00 bits per heavy atom. The molecule has 3 rings (SSSR count). The predicted octanol–water partition coefficient (Wildman–Crippen LogP) is 3.42. The van der Waals surface area contributed by atoms with Gasteiger partial charge in [-0.25, -0.2) is 0 Å². The number of hydrogen-bond donors (Lipinski definition) is 1. The van der Waals surface area contributed by atoms with Crippen LogP contribution in [0.1, 0.15) is 40.0 Å². The maximum atomic E-state index is 12.7. The summed E-state index contributed by atoms with van der Waals surface area (Å²) in [5.41, 5.74) is -0.468. The van der Waals surface area contributed by atoms with E-state index in [0.29, 0.717) is 31.1 Å². The van der Waals surface area contributed by atoms with Crippen LogP contribution in [0.2, 0.25) is 0 Å². The number of ketones is 1. The van der Waals surface area contributed by atoms with Crippen LogP contribution >= 0.6 is 0 Å². The Morgan fingerprint density at radius 3 is 2.55 bits per heavy atom. The lowest BCUT2D eigenvalue weighted by Gasteiger charge is -2.32. The molecule has 0 saturated heterocycles. The third-order valence-electron chi connectivity index (χ3n) is 5.41. The number of ether oxygens (including phenoxy) is 1. The Labute approximate surface area is 131 Å². The van der Waals surface area contributed by atoms with Gasteiger partial charge in [-0.1, -0.05) is 13.8 Å². The van der Waals surface area contributed by atoms with E-state index >= 15 is 0 Å². The fraction of sp³-hybridized carbons (Fsp3) is 0.556. The first-order valence-electron chi connectivity index (χ1n) is 7.99. The van der Waals surface area contributed by atoms with Crippen LogP contribution in [0.4, 0.5) is 5.69 Å². The highest BCUT2D eigenvalue weighted by Crippen LogP contribution is 2.60. The highest BCUT2D eigenvalue weighted by atomic mass is 16.5. The summed E-state index contributed by atoms with van der Waals surface area (Å²) in [5, 5.41) is 2.92. The van der Waals surface area contributed by atoms with Crippen LogP contribution in [-0.2, 0) is 9.59 Å². The zero-order chi connectivity index (χ0) is 16.0. The van der Waals surface area contributed by atoms with Crippen LogP contribution in [0.5, 0.6) is 5.75 Å². The average molecular weight is 301 g/mol. The van der Waals surface area contributed by atoms with E-state index in [-0.39, 0.29) is 17.1 Å². The molecule has 2 bridgehead atoms. The zero-order valence-electron chi connectivity index (χ0n) is 13.4. The van der Waals surface area contributed by atoms with E-state index in [9.17, 15) is 9.59 Å². The monoisotopic (exact) mass is 301 g/mol. The van der Waals surface area contributed by atoms with Gasteiger partial charge in [0.15, 0.2) is 5.78 Å². The Morgan fingerprint density at radius 1 is 1.32 bits per heavy atom. The van der Waals surface area contributed by atoms with E-state index < -0.39 is 5.41 Å². The summed E-state index contributed by atoms with van der Waals surface area (Å²) in [4.78, 5) is 25.4. The second kappa shape index (κ2) is 5.11. The lowest BCUT2D eigenvalue weighted by molar-refractivity contribution is -0.142. The number of hydrogen-bond acceptors (Lipinski definition) is 3. The van der Waals surface area contributed by atoms with E-state index in [1.54, 1.807) is 0 Å². The van der Waals surface area contributed by atoms with Gasteiger partial charge in [-0.2, -0.15) is 0 Å². The molecule has 2 saturated carbocycles. The highest BCUT2D eigenvalue weighted by molar-refractivity contribution is 6.15. The first-order valence-corrected chi connectivity index (χ1v) is 7.99. The number of Topliss-reactive ketones (excluding diaryl/α,β-unsaturated/α-hetero) is 1. The van der Waals surface area contributed by atoms with Crippen molar-refractivity contribution >= 4 is 17.4 Å². The molecule has 1 amide bonds. The SMILES string of the molecule is CCOc1ccc(NC(=O)C23CCC(C2)C(C)(C)C3=O)cc1. The molecule has 22 heavy (non-hydrogen) atoms. The number of anilines is 1. The fourth-order valence-electron chi connectivity index (χ4n) is 4.03. The first kappa shape index (κ1) is 15.1.